The maximum atomic E-state index is 12.3. The zero-order valence-corrected chi connectivity index (χ0v) is 16.2. The Labute approximate surface area is 167 Å². The van der Waals surface area contributed by atoms with Crippen LogP contribution in [0.15, 0.2) is 30.6 Å². The monoisotopic (exact) mass is 398 g/mol. The number of piperidine rings is 1. The third-order valence-electron chi connectivity index (χ3n) is 5.08. The van der Waals surface area contributed by atoms with Crippen LogP contribution in [0.2, 0.25) is 0 Å². The predicted molar refractivity (Wildman–Crippen MR) is 110 cm³/mol. The van der Waals surface area contributed by atoms with E-state index < -0.39 is 0 Å². The maximum absolute atomic E-state index is 12.3. The summed E-state index contributed by atoms with van der Waals surface area (Å²) in [6.07, 6.45) is 3.67. The molecule has 146 valence electrons. The van der Waals surface area contributed by atoms with Gasteiger partial charge in [-0.25, -0.2) is 14.6 Å². The lowest BCUT2D eigenvalue weighted by Gasteiger charge is -2.33. The number of nitrogens with two attached hydrogens (primary N) is 1. The van der Waals surface area contributed by atoms with Crippen LogP contribution in [0.4, 0.5) is 5.82 Å². The molecule has 0 aliphatic carbocycles. The Morgan fingerprint density at radius 3 is 2.82 bits per heavy atom. The molecule has 3 N–H and O–H groups in total. The van der Waals surface area contributed by atoms with Gasteiger partial charge >= 0.3 is 0 Å². The number of nitrogens with zero attached hydrogens (tertiary/aromatic N) is 5. The summed E-state index contributed by atoms with van der Waals surface area (Å²) in [6.45, 7) is 1.34. The number of likely N-dealkylation sites (tertiary alicyclic amines) is 1. The number of amides is 1. The summed E-state index contributed by atoms with van der Waals surface area (Å²) in [4.78, 5) is 22.8. The van der Waals surface area contributed by atoms with Gasteiger partial charge in [-0.15, -0.1) is 0 Å². The van der Waals surface area contributed by atoms with Crippen molar-refractivity contribution >= 4 is 35.4 Å². The highest BCUT2D eigenvalue weighted by molar-refractivity contribution is 7.80. The number of aromatic nitrogens is 4. The predicted octanol–water partition coefficient (Wildman–Crippen LogP) is 2.26. The maximum Gasteiger partial charge on any atom is 0.223 e. The first-order valence-corrected chi connectivity index (χ1v) is 9.88. The Balaban J connectivity index is 1.76. The molecule has 28 heavy (non-hydrogen) atoms. The number of aromatic hydroxyl groups is 1. The van der Waals surface area contributed by atoms with Gasteiger partial charge in [0, 0.05) is 25.1 Å². The lowest BCUT2D eigenvalue weighted by atomic mass is 10.1. The molecule has 0 spiro atoms. The summed E-state index contributed by atoms with van der Waals surface area (Å²) >= 11 is 4.17. The molecule has 1 aliphatic heterocycles. The minimum Gasteiger partial charge on any atom is -0.508 e. The van der Waals surface area contributed by atoms with Crippen LogP contribution in [0, 0.1) is 0 Å². The van der Waals surface area contributed by atoms with Crippen LogP contribution in [0.25, 0.3) is 22.3 Å². The molecule has 0 unspecified atom stereocenters. The summed E-state index contributed by atoms with van der Waals surface area (Å²) in [5, 5.41) is 15.1. The van der Waals surface area contributed by atoms with Gasteiger partial charge in [0.05, 0.1) is 11.4 Å². The number of carbonyl (C=O) groups excluding carboxylic acids is 1. The molecule has 2 aromatic heterocycles. The largest absolute Gasteiger partial charge is 0.508 e. The number of hydrogen-bond acceptors (Lipinski definition) is 7. The fraction of sp³-hybridized carbons (Fsp3) is 0.368. The molecule has 3 heterocycles. The van der Waals surface area contributed by atoms with Crippen molar-refractivity contribution in [1.29, 1.82) is 0 Å². The minimum absolute atomic E-state index is 0.0142. The SMILES string of the molecule is Nc1ncnc2c1c(-c1ccc(O)cc1)nn2[C@@H]1CCCN(C(=O)CCS)C1. The van der Waals surface area contributed by atoms with Crippen LogP contribution < -0.4 is 5.73 Å². The number of anilines is 1. The molecular formula is C19H22N6O2S. The summed E-state index contributed by atoms with van der Waals surface area (Å²) in [5.41, 5.74) is 8.31. The molecule has 4 rings (SSSR count). The van der Waals surface area contributed by atoms with Gasteiger partial charge in [-0.1, -0.05) is 0 Å². The van der Waals surface area contributed by atoms with Gasteiger partial charge in [0.25, 0.3) is 0 Å². The Morgan fingerprint density at radius 2 is 2.07 bits per heavy atom. The highest BCUT2D eigenvalue weighted by atomic mass is 32.1. The average Bonchev–Trinajstić information content (AvgIpc) is 3.10. The van der Waals surface area contributed by atoms with Crippen molar-refractivity contribution in [1.82, 2.24) is 24.6 Å². The van der Waals surface area contributed by atoms with Gasteiger partial charge in [0.1, 0.15) is 23.6 Å². The van der Waals surface area contributed by atoms with Gasteiger partial charge in [-0.3, -0.25) is 4.79 Å². The summed E-state index contributed by atoms with van der Waals surface area (Å²) in [6, 6.07) is 6.81. The molecule has 1 saturated heterocycles. The van der Waals surface area contributed by atoms with Gasteiger partial charge in [-0.2, -0.15) is 17.7 Å². The van der Waals surface area contributed by atoms with E-state index in [1.165, 1.54) is 6.33 Å². The van der Waals surface area contributed by atoms with Gasteiger partial charge in [-0.05, 0) is 42.9 Å². The second kappa shape index (κ2) is 7.67. The third kappa shape index (κ3) is 3.37. The summed E-state index contributed by atoms with van der Waals surface area (Å²) in [7, 11) is 0. The van der Waals surface area contributed by atoms with Crippen molar-refractivity contribution in [3.8, 4) is 17.0 Å². The average molecular weight is 398 g/mol. The summed E-state index contributed by atoms with van der Waals surface area (Å²) < 4.78 is 1.87. The number of rotatable bonds is 4. The van der Waals surface area contributed by atoms with Crippen molar-refractivity contribution in [3.05, 3.63) is 30.6 Å². The van der Waals surface area contributed by atoms with Crippen molar-refractivity contribution in [2.45, 2.75) is 25.3 Å². The molecule has 1 amide bonds. The van der Waals surface area contributed by atoms with E-state index in [4.69, 9.17) is 10.8 Å². The zero-order chi connectivity index (χ0) is 19.7. The lowest BCUT2D eigenvalue weighted by molar-refractivity contribution is -0.132. The smallest absolute Gasteiger partial charge is 0.223 e. The van der Waals surface area contributed by atoms with E-state index in [9.17, 15) is 9.90 Å². The van der Waals surface area contributed by atoms with Crippen LogP contribution in [-0.2, 0) is 4.79 Å². The molecule has 0 radical (unpaired) electrons. The quantitative estimate of drug-likeness (QED) is 0.582. The fourth-order valence-electron chi connectivity index (χ4n) is 3.71. The van der Waals surface area contributed by atoms with Gasteiger partial charge in [0.15, 0.2) is 5.65 Å². The Kier molecular flexibility index (Phi) is 5.08. The first-order valence-electron chi connectivity index (χ1n) is 9.25. The first-order chi connectivity index (χ1) is 13.6. The molecule has 1 aliphatic rings. The van der Waals surface area contributed by atoms with E-state index in [1.54, 1.807) is 24.3 Å². The topological polar surface area (TPSA) is 110 Å². The van der Waals surface area contributed by atoms with Crippen molar-refractivity contribution in [2.24, 2.45) is 0 Å². The van der Waals surface area contributed by atoms with Gasteiger partial charge in [0.2, 0.25) is 5.91 Å². The molecule has 1 aromatic carbocycles. The van der Waals surface area contributed by atoms with E-state index in [0.717, 1.165) is 24.9 Å². The molecule has 1 fully saturated rings. The molecule has 1 atom stereocenters. The number of carbonyl (C=O) groups is 1. The third-order valence-corrected chi connectivity index (χ3v) is 5.30. The second-order valence-corrected chi connectivity index (χ2v) is 7.35. The number of benzene rings is 1. The zero-order valence-electron chi connectivity index (χ0n) is 15.3. The Morgan fingerprint density at radius 1 is 1.29 bits per heavy atom. The molecule has 9 heteroatoms. The Bertz CT molecular complexity index is 1000. The number of phenols is 1. The van der Waals surface area contributed by atoms with Crippen molar-refractivity contribution in [3.63, 3.8) is 0 Å². The van der Waals surface area contributed by atoms with Crippen LogP contribution >= 0.6 is 12.6 Å². The van der Waals surface area contributed by atoms with E-state index in [-0.39, 0.29) is 17.7 Å². The second-order valence-electron chi connectivity index (χ2n) is 6.91. The number of nitrogen functional groups attached to an aromatic ring is 1. The van der Waals surface area contributed by atoms with E-state index in [1.807, 2.05) is 9.58 Å². The molecule has 0 saturated carbocycles. The molecule has 3 aromatic rings. The van der Waals surface area contributed by atoms with E-state index in [0.29, 0.717) is 41.3 Å². The highest BCUT2D eigenvalue weighted by Crippen LogP contribution is 2.34. The van der Waals surface area contributed by atoms with Gasteiger partial charge < -0.3 is 15.7 Å². The fourth-order valence-corrected chi connectivity index (χ4v) is 3.90. The Hall–Kier alpha value is -2.81. The normalized spacial score (nSPS) is 17.2. The van der Waals surface area contributed by atoms with Crippen LogP contribution in [0.3, 0.4) is 0 Å². The number of thiol groups is 1. The molecule has 8 nitrogen and oxygen atoms in total. The van der Waals surface area contributed by atoms with Crippen LogP contribution in [0.1, 0.15) is 25.3 Å². The number of phenolic OH excluding ortho intramolecular Hbond substituents is 1. The van der Waals surface area contributed by atoms with Crippen molar-refractivity contribution < 1.29 is 9.90 Å². The lowest BCUT2D eigenvalue weighted by Crippen LogP contribution is -2.41. The summed E-state index contributed by atoms with van der Waals surface area (Å²) in [5.74, 6) is 1.20. The van der Waals surface area contributed by atoms with Crippen LogP contribution in [-0.4, -0.2) is 54.5 Å². The van der Waals surface area contributed by atoms with Crippen LogP contribution in [0.5, 0.6) is 5.75 Å². The van der Waals surface area contributed by atoms with Crippen molar-refractivity contribution in [2.75, 3.05) is 24.6 Å². The molecule has 0 bridgehead atoms. The standard InChI is InChI=1S/C19H22N6O2S/c20-18-16-17(12-3-5-14(26)6-4-12)23-25(19(16)22-11-21-18)13-2-1-8-24(10-13)15(27)7-9-28/h3-6,11,13,26,28H,1-2,7-10H2,(H2,20,21,22)/t13-/m1/s1. The molecular weight excluding hydrogens is 376 g/mol. The van der Waals surface area contributed by atoms with E-state index in [2.05, 4.69) is 22.6 Å². The van der Waals surface area contributed by atoms with E-state index >= 15 is 0 Å². The number of fused-ring (bicyclic) bond motifs is 1. The number of hydrogen-bond donors (Lipinski definition) is 3. The minimum atomic E-state index is 0.0142. The highest BCUT2D eigenvalue weighted by Gasteiger charge is 2.28. The first kappa shape index (κ1) is 18.5.